The second-order valence-corrected chi connectivity index (χ2v) is 7.04. The summed E-state index contributed by atoms with van der Waals surface area (Å²) in [6.07, 6.45) is 0. The molecule has 0 unspecified atom stereocenters. The summed E-state index contributed by atoms with van der Waals surface area (Å²) in [5.74, 6) is 0.670. The van der Waals surface area contributed by atoms with Crippen LogP contribution in [0.1, 0.15) is 11.1 Å². The molecule has 0 aliphatic heterocycles. The lowest BCUT2D eigenvalue weighted by atomic mass is 10.2. The number of methoxy groups -OCH3 is 1. The molecule has 0 atom stereocenters. The minimum atomic E-state index is -3.63. The van der Waals surface area contributed by atoms with Crippen LogP contribution in [0.4, 0.5) is 5.69 Å². The molecular formula is C13H15NO4S2. The fourth-order valence-electron chi connectivity index (χ4n) is 1.65. The standard InChI is InChI=1S/C13H15NO4S2/c1-9-5-11(18-2)3-4-12(9)14-20(16,17)13-6-10(7-15)8-19-13/h3-6,8,14-15H,7H2,1-2H3. The lowest BCUT2D eigenvalue weighted by molar-refractivity contribution is 0.282. The van der Waals surface area contributed by atoms with Gasteiger partial charge in [-0.05, 0) is 47.7 Å². The summed E-state index contributed by atoms with van der Waals surface area (Å²) in [6.45, 7) is 1.63. The molecule has 0 amide bonds. The number of aliphatic hydroxyl groups excluding tert-OH is 1. The van der Waals surface area contributed by atoms with Gasteiger partial charge in [-0.3, -0.25) is 4.72 Å². The van der Waals surface area contributed by atoms with Crippen molar-refractivity contribution in [3.8, 4) is 5.75 Å². The number of thiophene rings is 1. The fraction of sp³-hybridized carbons (Fsp3) is 0.231. The van der Waals surface area contributed by atoms with E-state index in [1.54, 1.807) is 37.6 Å². The van der Waals surface area contributed by atoms with E-state index in [1.807, 2.05) is 0 Å². The van der Waals surface area contributed by atoms with Crippen LogP contribution in [-0.2, 0) is 16.6 Å². The first-order valence-corrected chi connectivity index (χ1v) is 8.18. The fourth-order valence-corrected chi connectivity index (χ4v) is 3.98. The van der Waals surface area contributed by atoms with Gasteiger partial charge >= 0.3 is 0 Å². The Morgan fingerprint density at radius 3 is 2.65 bits per heavy atom. The Labute approximate surface area is 121 Å². The van der Waals surface area contributed by atoms with Gasteiger partial charge in [0.25, 0.3) is 10.0 Å². The monoisotopic (exact) mass is 313 g/mol. The molecule has 1 heterocycles. The van der Waals surface area contributed by atoms with Gasteiger partial charge in [0, 0.05) is 0 Å². The zero-order chi connectivity index (χ0) is 14.8. The van der Waals surface area contributed by atoms with Gasteiger partial charge in [-0.25, -0.2) is 8.42 Å². The zero-order valence-corrected chi connectivity index (χ0v) is 12.7. The Bertz CT molecular complexity index is 707. The summed E-state index contributed by atoms with van der Waals surface area (Å²) < 4.78 is 32.2. The van der Waals surface area contributed by atoms with E-state index in [-0.39, 0.29) is 10.8 Å². The number of anilines is 1. The maximum atomic E-state index is 12.2. The van der Waals surface area contributed by atoms with Gasteiger partial charge in [0.15, 0.2) is 0 Å². The minimum Gasteiger partial charge on any atom is -0.497 e. The average molecular weight is 313 g/mol. The molecule has 108 valence electrons. The molecule has 0 bridgehead atoms. The highest BCUT2D eigenvalue weighted by Crippen LogP contribution is 2.26. The number of aliphatic hydroxyl groups is 1. The molecule has 1 aromatic carbocycles. The van der Waals surface area contributed by atoms with Crippen molar-refractivity contribution in [1.82, 2.24) is 0 Å². The van der Waals surface area contributed by atoms with Crippen LogP contribution in [0.25, 0.3) is 0 Å². The van der Waals surface area contributed by atoms with Crippen molar-refractivity contribution in [3.05, 3.63) is 40.8 Å². The van der Waals surface area contributed by atoms with Crippen LogP contribution in [-0.4, -0.2) is 20.6 Å². The SMILES string of the molecule is COc1ccc(NS(=O)(=O)c2cc(CO)cs2)c(C)c1. The zero-order valence-electron chi connectivity index (χ0n) is 11.1. The number of hydrogen-bond acceptors (Lipinski definition) is 5. The predicted octanol–water partition coefficient (Wildman–Crippen LogP) is 2.36. The number of sulfonamides is 1. The first kappa shape index (κ1) is 14.8. The quantitative estimate of drug-likeness (QED) is 0.888. The summed E-state index contributed by atoms with van der Waals surface area (Å²) in [7, 11) is -2.07. The number of aryl methyl sites for hydroxylation is 1. The minimum absolute atomic E-state index is 0.173. The number of hydrogen-bond donors (Lipinski definition) is 2. The Morgan fingerprint density at radius 2 is 2.10 bits per heavy atom. The Hall–Kier alpha value is -1.57. The van der Waals surface area contributed by atoms with Gasteiger partial charge in [-0.1, -0.05) is 0 Å². The summed E-state index contributed by atoms with van der Waals surface area (Å²) in [6, 6.07) is 6.57. The summed E-state index contributed by atoms with van der Waals surface area (Å²) in [5.41, 5.74) is 1.86. The maximum Gasteiger partial charge on any atom is 0.271 e. The molecule has 1 aromatic heterocycles. The second-order valence-electron chi connectivity index (χ2n) is 4.22. The van der Waals surface area contributed by atoms with Gasteiger partial charge in [0.1, 0.15) is 9.96 Å². The maximum absolute atomic E-state index is 12.2. The highest BCUT2D eigenvalue weighted by molar-refractivity contribution is 7.94. The van der Waals surface area contributed by atoms with Crippen LogP contribution in [0.2, 0.25) is 0 Å². The van der Waals surface area contributed by atoms with Crippen LogP contribution < -0.4 is 9.46 Å². The number of ether oxygens (including phenoxy) is 1. The van der Waals surface area contributed by atoms with Crippen molar-refractivity contribution < 1.29 is 18.3 Å². The first-order chi connectivity index (χ1) is 9.46. The molecular weight excluding hydrogens is 298 g/mol. The smallest absolute Gasteiger partial charge is 0.271 e. The van der Waals surface area contributed by atoms with Crippen molar-refractivity contribution in [2.45, 2.75) is 17.7 Å². The molecule has 2 N–H and O–H groups in total. The van der Waals surface area contributed by atoms with Crippen LogP contribution in [0.5, 0.6) is 5.75 Å². The Kier molecular flexibility index (Phi) is 4.32. The van der Waals surface area contributed by atoms with Gasteiger partial charge < -0.3 is 9.84 Å². The predicted molar refractivity (Wildman–Crippen MR) is 78.8 cm³/mol. The van der Waals surface area contributed by atoms with E-state index in [1.165, 1.54) is 6.07 Å². The van der Waals surface area contributed by atoms with Crippen LogP contribution in [0.3, 0.4) is 0 Å². The normalized spacial score (nSPS) is 11.3. The summed E-state index contributed by atoms with van der Waals surface area (Å²) in [4.78, 5) is 0. The third-order valence-corrected chi connectivity index (χ3v) is 5.61. The molecule has 0 aliphatic rings. The number of nitrogens with one attached hydrogen (secondary N) is 1. The molecule has 0 radical (unpaired) electrons. The van der Waals surface area contributed by atoms with Crippen molar-refractivity contribution >= 4 is 27.0 Å². The Morgan fingerprint density at radius 1 is 1.35 bits per heavy atom. The lowest BCUT2D eigenvalue weighted by Gasteiger charge is -2.10. The molecule has 7 heteroatoms. The molecule has 20 heavy (non-hydrogen) atoms. The molecule has 2 aromatic rings. The molecule has 5 nitrogen and oxygen atoms in total. The molecule has 2 rings (SSSR count). The number of rotatable bonds is 5. The van der Waals surface area contributed by atoms with Gasteiger partial charge in [-0.2, -0.15) is 0 Å². The second kappa shape index (κ2) is 5.82. The van der Waals surface area contributed by atoms with Crippen molar-refractivity contribution in [3.63, 3.8) is 0 Å². The average Bonchev–Trinajstić information content (AvgIpc) is 2.90. The van der Waals surface area contributed by atoms with Crippen molar-refractivity contribution in [1.29, 1.82) is 0 Å². The van der Waals surface area contributed by atoms with Crippen LogP contribution >= 0.6 is 11.3 Å². The van der Waals surface area contributed by atoms with E-state index >= 15 is 0 Å². The van der Waals surface area contributed by atoms with Crippen LogP contribution in [0.15, 0.2) is 33.9 Å². The van der Waals surface area contributed by atoms with E-state index in [2.05, 4.69) is 4.72 Å². The van der Waals surface area contributed by atoms with Gasteiger partial charge in [0.05, 0.1) is 19.4 Å². The molecule has 0 saturated heterocycles. The number of benzene rings is 1. The van der Waals surface area contributed by atoms with Gasteiger partial charge in [-0.15, -0.1) is 11.3 Å². The van der Waals surface area contributed by atoms with Gasteiger partial charge in [0.2, 0.25) is 0 Å². The molecule has 0 saturated carbocycles. The largest absolute Gasteiger partial charge is 0.497 e. The highest BCUT2D eigenvalue weighted by Gasteiger charge is 2.17. The molecule has 0 spiro atoms. The van der Waals surface area contributed by atoms with Crippen LogP contribution in [0, 0.1) is 6.92 Å². The lowest BCUT2D eigenvalue weighted by Crippen LogP contribution is -2.12. The van der Waals surface area contributed by atoms with E-state index in [9.17, 15) is 8.42 Å². The molecule has 0 aliphatic carbocycles. The van der Waals surface area contributed by atoms with E-state index < -0.39 is 10.0 Å². The summed E-state index contributed by atoms with van der Waals surface area (Å²) in [5, 5.41) is 10.6. The topological polar surface area (TPSA) is 75.6 Å². The van der Waals surface area contributed by atoms with Crippen molar-refractivity contribution in [2.24, 2.45) is 0 Å². The van der Waals surface area contributed by atoms with Crippen molar-refractivity contribution in [2.75, 3.05) is 11.8 Å². The van der Waals surface area contributed by atoms with E-state index in [0.717, 1.165) is 16.9 Å². The van der Waals surface area contributed by atoms with E-state index in [0.29, 0.717) is 17.0 Å². The first-order valence-electron chi connectivity index (χ1n) is 5.82. The summed E-state index contributed by atoms with van der Waals surface area (Å²) >= 11 is 1.08. The van der Waals surface area contributed by atoms with E-state index in [4.69, 9.17) is 9.84 Å². The third-order valence-electron chi connectivity index (χ3n) is 2.76. The highest BCUT2D eigenvalue weighted by atomic mass is 32.2. The Balaban J connectivity index is 2.28. The molecule has 0 fully saturated rings. The third kappa shape index (κ3) is 3.12.